The number of ether oxygens (including phenoxy) is 1. The maximum absolute atomic E-state index is 13.3. The number of alkyl halides is 3. The Kier molecular flexibility index (Phi) is 6.30. The zero-order valence-electron chi connectivity index (χ0n) is 18.4. The van der Waals surface area contributed by atoms with E-state index in [1.165, 1.54) is 14.0 Å². The van der Waals surface area contributed by atoms with Gasteiger partial charge in [-0.3, -0.25) is 13.9 Å². The number of esters is 1. The van der Waals surface area contributed by atoms with Crippen molar-refractivity contribution in [2.75, 3.05) is 24.5 Å². The van der Waals surface area contributed by atoms with Crippen molar-refractivity contribution in [1.29, 1.82) is 0 Å². The lowest BCUT2D eigenvalue weighted by Crippen LogP contribution is -2.55. The maximum Gasteiger partial charge on any atom is 0.491 e. The molecule has 1 unspecified atom stereocenters. The van der Waals surface area contributed by atoms with Crippen molar-refractivity contribution < 1.29 is 22.7 Å². The van der Waals surface area contributed by atoms with Gasteiger partial charge in [-0.15, -0.1) is 5.92 Å². The molecular formula is C22H21F3N6O3. The number of aromatic nitrogens is 4. The average molecular weight is 474 g/mol. The first-order valence-electron chi connectivity index (χ1n) is 10.4. The van der Waals surface area contributed by atoms with Gasteiger partial charge in [0.25, 0.3) is 5.56 Å². The first-order chi connectivity index (χ1) is 16.2. The first-order valence-corrected chi connectivity index (χ1v) is 10.4. The number of carbonyl (C=O) groups excluding carboxylic acids is 1. The Hall–Kier alpha value is -3.85. The summed E-state index contributed by atoms with van der Waals surface area (Å²) in [6, 6.07) is 9.07. The first kappa shape index (κ1) is 23.3. The Morgan fingerprint density at radius 1 is 1.26 bits per heavy atom. The Morgan fingerprint density at radius 2 is 2.00 bits per heavy atom. The largest absolute Gasteiger partial charge is 0.491 e. The van der Waals surface area contributed by atoms with Crippen LogP contribution in [-0.2, 0) is 23.1 Å². The van der Waals surface area contributed by atoms with Crippen molar-refractivity contribution in [2.24, 2.45) is 7.05 Å². The molecule has 1 N–H and O–H groups in total. The second-order valence-corrected chi connectivity index (χ2v) is 7.52. The van der Waals surface area contributed by atoms with Crippen molar-refractivity contribution in [1.82, 2.24) is 24.4 Å². The van der Waals surface area contributed by atoms with E-state index in [1.54, 1.807) is 26.1 Å². The zero-order valence-corrected chi connectivity index (χ0v) is 18.4. The van der Waals surface area contributed by atoms with Crippen LogP contribution < -0.4 is 15.8 Å². The number of rotatable bonds is 4. The summed E-state index contributed by atoms with van der Waals surface area (Å²) >= 11 is 0. The highest BCUT2D eigenvalue weighted by molar-refractivity contribution is 5.78. The van der Waals surface area contributed by atoms with E-state index in [0.29, 0.717) is 17.9 Å². The van der Waals surface area contributed by atoms with Gasteiger partial charge in [0.15, 0.2) is 17.4 Å². The lowest BCUT2D eigenvalue weighted by molar-refractivity contribution is -0.205. The fourth-order valence-electron chi connectivity index (χ4n) is 3.72. The van der Waals surface area contributed by atoms with Crippen LogP contribution in [0.25, 0.3) is 22.6 Å². The Labute approximate surface area is 192 Å². The van der Waals surface area contributed by atoms with Crippen LogP contribution in [0.15, 0.2) is 35.1 Å². The highest BCUT2D eigenvalue weighted by Gasteiger charge is 2.44. The molecule has 0 amide bonds. The molecule has 0 aliphatic carbocycles. The van der Waals surface area contributed by atoms with E-state index in [9.17, 15) is 22.8 Å². The van der Waals surface area contributed by atoms with Crippen molar-refractivity contribution in [3.63, 3.8) is 0 Å². The van der Waals surface area contributed by atoms with Gasteiger partial charge in [-0.2, -0.15) is 18.2 Å². The fourth-order valence-corrected chi connectivity index (χ4v) is 3.72. The molecule has 2 aromatic heterocycles. The van der Waals surface area contributed by atoms with Crippen LogP contribution in [0, 0.1) is 11.8 Å². The van der Waals surface area contributed by atoms with Crippen molar-refractivity contribution in [3.05, 3.63) is 40.7 Å². The highest BCUT2D eigenvalue weighted by Crippen LogP contribution is 2.26. The number of anilines is 1. The molecule has 12 heteroatoms. The second-order valence-electron chi connectivity index (χ2n) is 7.52. The van der Waals surface area contributed by atoms with Crippen LogP contribution in [0.5, 0.6) is 0 Å². The molecule has 3 aromatic rings. The van der Waals surface area contributed by atoms with Crippen LogP contribution >= 0.6 is 0 Å². The van der Waals surface area contributed by atoms with E-state index in [0.717, 1.165) is 0 Å². The molecular weight excluding hydrogens is 453 g/mol. The molecule has 9 nitrogen and oxygen atoms in total. The normalized spacial score (nSPS) is 16.3. The predicted octanol–water partition coefficient (Wildman–Crippen LogP) is 1.66. The molecule has 3 heterocycles. The van der Waals surface area contributed by atoms with Gasteiger partial charge in [-0.05, 0) is 6.92 Å². The fraction of sp³-hybridized carbons (Fsp3) is 0.364. The molecule has 1 aliphatic rings. The molecule has 0 bridgehead atoms. The molecule has 0 saturated carbocycles. The van der Waals surface area contributed by atoms with E-state index >= 15 is 0 Å². The Bertz CT molecular complexity index is 1340. The molecule has 0 spiro atoms. The lowest BCUT2D eigenvalue weighted by atomic mass is 10.2. The SMILES string of the molecule is CC#CCn1c(N2CCNCC2OC(=O)C(F)(F)F)nc2nc(-c3ccccc3)n(C)c(=O)c21. The molecule has 1 fully saturated rings. The minimum absolute atomic E-state index is 0.0494. The van der Waals surface area contributed by atoms with Crippen LogP contribution in [-0.4, -0.2) is 57.1 Å². The third-order valence-corrected chi connectivity index (χ3v) is 5.34. The number of carbonyl (C=O) groups is 1. The van der Waals surface area contributed by atoms with Gasteiger partial charge in [0.1, 0.15) is 5.82 Å². The third kappa shape index (κ3) is 4.34. The lowest BCUT2D eigenvalue weighted by Gasteiger charge is -2.36. The number of halogens is 3. The van der Waals surface area contributed by atoms with Gasteiger partial charge in [-0.1, -0.05) is 36.3 Å². The number of hydrogen-bond donors (Lipinski definition) is 1. The number of fused-ring (bicyclic) bond motifs is 1. The molecule has 0 radical (unpaired) electrons. The number of nitrogens with zero attached hydrogens (tertiary/aromatic N) is 5. The molecule has 4 rings (SSSR count). The van der Waals surface area contributed by atoms with Crippen LogP contribution in [0.3, 0.4) is 0 Å². The Balaban J connectivity index is 1.87. The topological polar surface area (TPSA) is 94.3 Å². The monoisotopic (exact) mass is 474 g/mol. The summed E-state index contributed by atoms with van der Waals surface area (Å²) in [6.07, 6.45) is -6.43. The van der Waals surface area contributed by atoms with Crippen LogP contribution in [0.4, 0.5) is 19.1 Å². The van der Waals surface area contributed by atoms with E-state index in [2.05, 4.69) is 27.1 Å². The number of nitrogens with one attached hydrogen (secondary N) is 1. The van der Waals surface area contributed by atoms with Gasteiger partial charge < -0.3 is 15.0 Å². The molecule has 34 heavy (non-hydrogen) atoms. The zero-order chi connectivity index (χ0) is 24.5. The van der Waals surface area contributed by atoms with Crippen LogP contribution in [0.1, 0.15) is 6.92 Å². The molecule has 178 valence electrons. The van der Waals surface area contributed by atoms with Gasteiger partial charge in [0, 0.05) is 25.7 Å². The number of benzene rings is 1. The standard InChI is InChI=1S/C22H21F3N6O3/c1-3-4-11-31-16-17(27-18(29(2)19(16)32)14-8-6-5-7-9-14)28-21(31)30-12-10-26-13-15(30)34-20(33)22(23,24)25/h5-9,15,26H,10-13H2,1-2H3. The van der Waals surface area contributed by atoms with Gasteiger partial charge in [-0.25, -0.2) is 9.78 Å². The van der Waals surface area contributed by atoms with Crippen molar-refractivity contribution in [3.8, 4) is 23.2 Å². The maximum atomic E-state index is 13.3. The van der Waals surface area contributed by atoms with Gasteiger partial charge >= 0.3 is 12.1 Å². The predicted molar refractivity (Wildman–Crippen MR) is 118 cm³/mol. The molecule has 1 aromatic carbocycles. The number of imidazole rings is 1. The van der Waals surface area contributed by atoms with E-state index in [-0.39, 0.29) is 42.3 Å². The average Bonchev–Trinajstić information content (AvgIpc) is 3.18. The van der Waals surface area contributed by atoms with E-state index in [4.69, 9.17) is 4.74 Å². The summed E-state index contributed by atoms with van der Waals surface area (Å²) in [5.74, 6) is 3.83. The summed E-state index contributed by atoms with van der Waals surface area (Å²) in [5.41, 5.74) is 0.584. The molecule has 1 atom stereocenters. The van der Waals surface area contributed by atoms with E-state index in [1.807, 2.05) is 18.2 Å². The quantitative estimate of drug-likeness (QED) is 0.454. The minimum atomic E-state index is -5.14. The van der Waals surface area contributed by atoms with E-state index < -0.39 is 18.4 Å². The summed E-state index contributed by atoms with van der Waals surface area (Å²) in [6.45, 7) is 2.22. The second kappa shape index (κ2) is 9.18. The van der Waals surface area contributed by atoms with Crippen molar-refractivity contribution in [2.45, 2.75) is 25.9 Å². The number of piperazine rings is 1. The smallest absolute Gasteiger partial charge is 0.433 e. The van der Waals surface area contributed by atoms with Gasteiger partial charge in [0.2, 0.25) is 5.95 Å². The summed E-state index contributed by atoms with van der Waals surface area (Å²) < 4.78 is 46.1. The summed E-state index contributed by atoms with van der Waals surface area (Å²) in [4.78, 5) is 35.3. The molecule has 1 saturated heterocycles. The van der Waals surface area contributed by atoms with Gasteiger partial charge in [0.05, 0.1) is 13.1 Å². The Morgan fingerprint density at radius 3 is 2.68 bits per heavy atom. The summed E-state index contributed by atoms with van der Waals surface area (Å²) in [7, 11) is 1.58. The third-order valence-electron chi connectivity index (χ3n) is 5.34. The van der Waals surface area contributed by atoms with Crippen molar-refractivity contribution >= 4 is 23.1 Å². The molecule has 1 aliphatic heterocycles. The summed E-state index contributed by atoms with van der Waals surface area (Å²) in [5, 5.41) is 2.91. The highest BCUT2D eigenvalue weighted by atomic mass is 19.4. The number of hydrogen-bond acceptors (Lipinski definition) is 7. The minimum Gasteiger partial charge on any atom is -0.433 e. The van der Waals surface area contributed by atoms with Crippen LogP contribution in [0.2, 0.25) is 0 Å².